The molecule has 10 heteroatoms. The summed E-state index contributed by atoms with van der Waals surface area (Å²) in [5.41, 5.74) is 4.06. The number of benzene rings is 2. The highest BCUT2D eigenvalue weighted by Crippen LogP contribution is 2.39. The van der Waals surface area contributed by atoms with E-state index in [0.717, 1.165) is 53.8 Å². The molecule has 2 N–H and O–H groups in total. The summed E-state index contributed by atoms with van der Waals surface area (Å²) >= 11 is 19.3. The van der Waals surface area contributed by atoms with E-state index in [1.54, 1.807) is 30.0 Å². The molecule has 3 heterocycles. The van der Waals surface area contributed by atoms with Gasteiger partial charge in [-0.3, -0.25) is 14.9 Å². The number of carbonyl (C=O) groups is 1. The zero-order valence-electron chi connectivity index (χ0n) is 17.6. The van der Waals surface area contributed by atoms with Crippen molar-refractivity contribution in [2.24, 2.45) is 5.92 Å². The minimum atomic E-state index is -0.315. The lowest BCUT2D eigenvalue weighted by atomic mass is 9.93. The van der Waals surface area contributed by atoms with Crippen molar-refractivity contribution in [2.75, 3.05) is 31.1 Å². The Bertz CT molecular complexity index is 1220. The van der Waals surface area contributed by atoms with Gasteiger partial charge in [0.2, 0.25) is 5.91 Å². The predicted octanol–water partition coefficient (Wildman–Crippen LogP) is 4.66. The molecule has 3 aromatic rings. The fraction of sp³-hybridized carbons (Fsp3) is 0.348. The third-order valence-electron chi connectivity index (χ3n) is 6.52. The van der Waals surface area contributed by atoms with Gasteiger partial charge in [-0.2, -0.15) is 0 Å². The number of carbonyl (C=O) groups excluding carboxylic acids is 1. The molecule has 2 saturated heterocycles. The fourth-order valence-electron chi connectivity index (χ4n) is 4.74. The summed E-state index contributed by atoms with van der Waals surface area (Å²) < 4.78 is 0. The Labute approximate surface area is 206 Å². The normalized spacial score (nSPS) is 19.5. The van der Waals surface area contributed by atoms with Crippen LogP contribution in [0.25, 0.3) is 22.0 Å². The number of piperidine rings is 1. The second-order valence-corrected chi connectivity index (χ2v) is 9.79. The number of hydrogen-bond acceptors (Lipinski definition) is 6. The van der Waals surface area contributed by atoms with Gasteiger partial charge in [0, 0.05) is 58.8 Å². The van der Waals surface area contributed by atoms with Gasteiger partial charge in [-0.15, -0.1) is 0 Å². The van der Waals surface area contributed by atoms with Crippen LogP contribution in [0.15, 0.2) is 36.7 Å². The van der Waals surface area contributed by atoms with E-state index in [2.05, 4.69) is 19.8 Å². The topological polar surface area (TPSA) is 81.6 Å². The van der Waals surface area contributed by atoms with Crippen LogP contribution in [0.5, 0.6) is 0 Å². The minimum Gasteiger partial charge on any atom is -0.354 e. The lowest BCUT2D eigenvalue weighted by Gasteiger charge is -2.47. The molecule has 5 rings (SSSR count). The van der Waals surface area contributed by atoms with E-state index >= 15 is 0 Å². The van der Waals surface area contributed by atoms with Crippen molar-refractivity contribution in [3.05, 3.63) is 51.7 Å². The number of halogens is 3. The van der Waals surface area contributed by atoms with Gasteiger partial charge in [0.1, 0.15) is 12.1 Å². The number of hydroxylamine groups is 1. The summed E-state index contributed by atoms with van der Waals surface area (Å²) in [4.78, 5) is 25.3. The highest BCUT2D eigenvalue weighted by atomic mass is 35.5. The molecule has 172 valence electrons. The van der Waals surface area contributed by atoms with Crippen LogP contribution >= 0.6 is 34.8 Å². The molecule has 2 fully saturated rings. The predicted molar refractivity (Wildman–Crippen MR) is 130 cm³/mol. The standard InChI is InChI=1S/C23H22Cl3N5O2/c24-14-3-4-19(25)16(6-14)17-7-18-21(8-20(17)26)27-12-28-22(18)30-5-1-2-15(11-30)31-9-13(10-31)23(32)29-33/h3-4,6-8,12-13,15,33H,1-2,5,9-11H2,(H,29,32). The molecule has 0 bridgehead atoms. The molecule has 0 spiro atoms. The average Bonchev–Trinajstić information content (AvgIpc) is 2.79. The lowest BCUT2D eigenvalue weighted by molar-refractivity contribution is -0.140. The molecule has 1 unspecified atom stereocenters. The van der Waals surface area contributed by atoms with Crippen molar-refractivity contribution >= 4 is 57.4 Å². The summed E-state index contributed by atoms with van der Waals surface area (Å²) in [6, 6.07) is 9.45. The average molecular weight is 507 g/mol. The number of nitrogens with one attached hydrogen (secondary N) is 1. The number of nitrogens with zero attached hydrogens (tertiary/aromatic N) is 4. The number of likely N-dealkylation sites (tertiary alicyclic amines) is 1. The number of aromatic nitrogens is 2. The van der Waals surface area contributed by atoms with Crippen LogP contribution in [0, 0.1) is 5.92 Å². The van der Waals surface area contributed by atoms with Crippen LogP contribution in [-0.4, -0.2) is 58.2 Å². The number of rotatable bonds is 4. The zero-order valence-corrected chi connectivity index (χ0v) is 19.9. The fourth-order valence-corrected chi connectivity index (χ4v) is 5.39. The first kappa shape index (κ1) is 22.6. The summed E-state index contributed by atoms with van der Waals surface area (Å²) in [6.45, 7) is 2.99. The van der Waals surface area contributed by atoms with Crippen molar-refractivity contribution in [3.8, 4) is 11.1 Å². The quantitative estimate of drug-likeness (QED) is 0.396. The van der Waals surface area contributed by atoms with Gasteiger partial charge in [0.15, 0.2) is 0 Å². The summed E-state index contributed by atoms with van der Waals surface area (Å²) in [5, 5.41) is 11.4. The Morgan fingerprint density at radius 1 is 1.03 bits per heavy atom. The van der Waals surface area contributed by atoms with Gasteiger partial charge in [-0.25, -0.2) is 15.4 Å². The van der Waals surface area contributed by atoms with Crippen molar-refractivity contribution in [1.29, 1.82) is 0 Å². The number of anilines is 1. The van der Waals surface area contributed by atoms with Crippen LogP contribution in [-0.2, 0) is 4.79 Å². The minimum absolute atomic E-state index is 0.155. The van der Waals surface area contributed by atoms with Gasteiger partial charge in [0.25, 0.3) is 0 Å². The van der Waals surface area contributed by atoms with Gasteiger partial charge in [0.05, 0.1) is 16.5 Å². The SMILES string of the molecule is O=C(NO)C1CN(C2CCCN(c3ncnc4cc(Cl)c(-c5cc(Cl)ccc5Cl)cc34)C2)C1. The molecule has 1 atom stereocenters. The van der Waals surface area contributed by atoms with E-state index in [-0.39, 0.29) is 11.8 Å². The van der Waals surface area contributed by atoms with E-state index in [1.807, 2.05) is 12.1 Å². The molecule has 0 aliphatic carbocycles. The Morgan fingerprint density at radius 2 is 1.82 bits per heavy atom. The summed E-state index contributed by atoms with van der Waals surface area (Å²) in [6.07, 6.45) is 3.64. The van der Waals surface area contributed by atoms with E-state index in [4.69, 9.17) is 40.0 Å². The maximum Gasteiger partial charge on any atom is 0.249 e. The van der Waals surface area contributed by atoms with E-state index in [9.17, 15) is 4.79 Å². The van der Waals surface area contributed by atoms with E-state index in [1.165, 1.54) is 0 Å². The van der Waals surface area contributed by atoms with Crippen LogP contribution in [0.1, 0.15) is 12.8 Å². The number of fused-ring (bicyclic) bond motifs is 1. The molecule has 2 aliphatic heterocycles. The Morgan fingerprint density at radius 3 is 2.61 bits per heavy atom. The van der Waals surface area contributed by atoms with Gasteiger partial charge in [-0.1, -0.05) is 34.8 Å². The molecule has 0 saturated carbocycles. The second kappa shape index (κ2) is 9.24. The third kappa shape index (κ3) is 4.36. The van der Waals surface area contributed by atoms with Crippen molar-refractivity contribution in [2.45, 2.75) is 18.9 Å². The Kier molecular flexibility index (Phi) is 6.33. The second-order valence-electron chi connectivity index (χ2n) is 8.54. The van der Waals surface area contributed by atoms with E-state index < -0.39 is 0 Å². The first-order valence-electron chi connectivity index (χ1n) is 10.8. The molecular weight excluding hydrogens is 485 g/mol. The molecule has 7 nitrogen and oxygen atoms in total. The van der Waals surface area contributed by atoms with Crippen LogP contribution in [0.2, 0.25) is 15.1 Å². The van der Waals surface area contributed by atoms with Crippen LogP contribution in [0.4, 0.5) is 5.82 Å². The van der Waals surface area contributed by atoms with Crippen molar-refractivity contribution < 1.29 is 10.0 Å². The third-order valence-corrected chi connectivity index (χ3v) is 7.40. The summed E-state index contributed by atoms with van der Waals surface area (Å²) in [7, 11) is 0. The van der Waals surface area contributed by atoms with Gasteiger partial charge >= 0.3 is 0 Å². The maximum absolute atomic E-state index is 11.6. The molecule has 33 heavy (non-hydrogen) atoms. The molecule has 1 aromatic heterocycles. The number of hydrogen-bond donors (Lipinski definition) is 2. The maximum atomic E-state index is 11.6. The molecule has 2 aromatic carbocycles. The smallest absolute Gasteiger partial charge is 0.249 e. The molecular formula is C23H22Cl3N5O2. The lowest BCUT2D eigenvalue weighted by Crippen LogP contribution is -2.60. The van der Waals surface area contributed by atoms with Gasteiger partial charge < -0.3 is 4.90 Å². The zero-order chi connectivity index (χ0) is 23.1. The first-order valence-corrected chi connectivity index (χ1v) is 11.9. The highest BCUT2D eigenvalue weighted by Gasteiger charge is 2.38. The largest absolute Gasteiger partial charge is 0.354 e. The highest BCUT2D eigenvalue weighted by molar-refractivity contribution is 6.38. The van der Waals surface area contributed by atoms with E-state index in [0.29, 0.717) is 34.2 Å². The molecule has 0 radical (unpaired) electrons. The van der Waals surface area contributed by atoms with Crippen LogP contribution in [0.3, 0.4) is 0 Å². The van der Waals surface area contributed by atoms with Crippen molar-refractivity contribution in [1.82, 2.24) is 20.3 Å². The van der Waals surface area contributed by atoms with Crippen LogP contribution < -0.4 is 10.4 Å². The first-order chi connectivity index (χ1) is 15.9. The van der Waals surface area contributed by atoms with Crippen molar-refractivity contribution in [3.63, 3.8) is 0 Å². The molecule has 1 amide bonds. The monoisotopic (exact) mass is 505 g/mol. The Hall–Kier alpha value is -2.16. The van der Waals surface area contributed by atoms with Gasteiger partial charge in [-0.05, 0) is 43.2 Å². The summed E-state index contributed by atoms with van der Waals surface area (Å²) in [5.74, 6) is 0.383. The number of amides is 1. The Balaban J connectivity index is 1.46. The molecule has 2 aliphatic rings.